The lowest BCUT2D eigenvalue weighted by atomic mass is 9.97. The standard InChI is InChI=1S/C21H29NO4/c1-25-21(24)13-16-22(15-12-18-8-4-2-5-9-18)20(23)14-17-26-19-10-6-3-7-11-19/h3,6-8,10-11H,2,4-5,9,12-17H2,1H3. The van der Waals surface area contributed by atoms with Crippen LogP contribution in [0.2, 0.25) is 0 Å². The molecule has 0 atom stereocenters. The summed E-state index contributed by atoms with van der Waals surface area (Å²) in [6.45, 7) is 1.37. The van der Waals surface area contributed by atoms with E-state index in [2.05, 4.69) is 6.08 Å². The highest BCUT2D eigenvalue weighted by atomic mass is 16.5. The Balaban J connectivity index is 1.82. The van der Waals surface area contributed by atoms with Crippen LogP contribution in [0.5, 0.6) is 5.75 Å². The van der Waals surface area contributed by atoms with Crippen molar-refractivity contribution in [1.29, 1.82) is 0 Å². The van der Waals surface area contributed by atoms with Gasteiger partial charge in [0.2, 0.25) is 5.91 Å². The van der Waals surface area contributed by atoms with Crippen LogP contribution in [0.25, 0.3) is 0 Å². The van der Waals surface area contributed by atoms with Crippen LogP contribution < -0.4 is 4.74 Å². The number of hydrogen-bond donors (Lipinski definition) is 0. The maximum atomic E-state index is 12.6. The SMILES string of the molecule is COC(=O)CCN(CCC1=CCCCC1)C(=O)CCOc1ccccc1. The first-order chi connectivity index (χ1) is 12.7. The van der Waals surface area contributed by atoms with Gasteiger partial charge in [0, 0.05) is 13.1 Å². The van der Waals surface area contributed by atoms with Crippen LogP contribution in [0.3, 0.4) is 0 Å². The van der Waals surface area contributed by atoms with E-state index in [0.29, 0.717) is 26.1 Å². The molecule has 0 heterocycles. The number of nitrogens with zero attached hydrogens (tertiary/aromatic N) is 1. The van der Waals surface area contributed by atoms with Gasteiger partial charge in [0.25, 0.3) is 0 Å². The molecule has 0 fully saturated rings. The number of carbonyl (C=O) groups is 2. The highest BCUT2D eigenvalue weighted by Crippen LogP contribution is 2.20. The molecule has 0 radical (unpaired) electrons. The summed E-state index contributed by atoms with van der Waals surface area (Å²) in [5, 5.41) is 0. The third kappa shape index (κ3) is 7.30. The van der Waals surface area contributed by atoms with Crippen molar-refractivity contribution in [2.45, 2.75) is 44.9 Å². The van der Waals surface area contributed by atoms with E-state index in [0.717, 1.165) is 25.0 Å². The van der Waals surface area contributed by atoms with Gasteiger partial charge in [-0.05, 0) is 44.2 Å². The smallest absolute Gasteiger partial charge is 0.307 e. The van der Waals surface area contributed by atoms with Gasteiger partial charge < -0.3 is 14.4 Å². The number of rotatable bonds is 10. The van der Waals surface area contributed by atoms with Gasteiger partial charge in [0.1, 0.15) is 5.75 Å². The van der Waals surface area contributed by atoms with Crippen LogP contribution in [0, 0.1) is 0 Å². The van der Waals surface area contributed by atoms with Crippen molar-refractivity contribution in [3.8, 4) is 5.75 Å². The molecule has 0 bridgehead atoms. The Labute approximate surface area is 156 Å². The molecular weight excluding hydrogens is 330 g/mol. The van der Waals surface area contributed by atoms with Gasteiger partial charge in [-0.15, -0.1) is 0 Å². The lowest BCUT2D eigenvalue weighted by Gasteiger charge is -2.24. The lowest BCUT2D eigenvalue weighted by molar-refractivity contribution is -0.141. The quantitative estimate of drug-likeness (QED) is 0.472. The van der Waals surface area contributed by atoms with Crippen molar-refractivity contribution >= 4 is 11.9 Å². The normalized spacial score (nSPS) is 13.7. The molecule has 1 amide bonds. The summed E-state index contributed by atoms with van der Waals surface area (Å²) in [4.78, 5) is 25.8. The fourth-order valence-electron chi connectivity index (χ4n) is 3.03. The van der Waals surface area contributed by atoms with Gasteiger partial charge in [-0.1, -0.05) is 29.8 Å². The zero-order chi connectivity index (χ0) is 18.6. The third-order valence-electron chi connectivity index (χ3n) is 4.58. The molecule has 0 unspecified atom stereocenters. The molecule has 142 valence electrons. The molecule has 0 aromatic heterocycles. The van der Waals surface area contributed by atoms with E-state index < -0.39 is 0 Å². The van der Waals surface area contributed by atoms with Gasteiger partial charge in [-0.2, -0.15) is 0 Å². The summed E-state index contributed by atoms with van der Waals surface area (Å²) in [5.74, 6) is 0.482. The summed E-state index contributed by atoms with van der Waals surface area (Å²) < 4.78 is 10.3. The van der Waals surface area contributed by atoms with Gasteiger partial charge >= 0.3 is 5.97 Å². The Morgan fingerprint density at radius 1 is 1.08 bits per heavy atom. The van der Waals surface area contributed by atoms with Crippen LogP contribution in [-0.4, -0.2) is 43.6 Å². The molecule has 1 aromatic carbocycles. The number of allylic oxidation sites excluding steroid dienone is 1. The summed E-state index contributed by atoms with van der Waals surface area (Å²) in [7, 11) is 1.37. The molecule has 2 rings (SSSR count). The second-order valence-corrected chi connectivity index (χ2v) is 6.48. The molecule has 1 aliphatic rings. The second kappa shape index (κ2) is 11.3. The summed E-state index contributed by atoms with van der Waals surface area (Å²) in [5.41, 5.74) is 1.42. The predicted octanol–water partition coefficient (Wildman–Crippen LogP) is 3.74. The Hall–Kier alpha value is -2.30. The largest absolute Gasteiger partial charge is 0.493 e. The van der Waals surface area contributed by atoms with Crippen molar-refractivity contribution in [3.05, 3.63) is 42.0 Å². The van der Waals surface area contributed by atoms with Crippen molar-refractivity contribution in [2.24, 2.45) is 0 Å². The Morgan fingerprint density at radius 3 is 2.58 bits per heavy atom. The fourth-order valence-corrected chi connectivity index (χ4v) is 3.03. The molecule has 0 saturated heterocycles. The molecular formula is C21H29NO4. The van der Waals surface area contributed by atoms with Crippen LogP contribution in [0.4, 0.5) is 0 Å². The number of ether oxygens (including phenoxy) is 2. The maximum absolute atomic E-state index is 12.6. The number of benzene rings is 1. The first kappa shape index (κ1) is 20.0. The summed E-state index contributed by atoms with van der Waals surface area (Å²) >= 11 is 0. The first-order valence-electron chi connectivity index (χ1n) is 9.39. The number of para-hydroxylation sites is 1. The minimum atomic E-state index is -0.291. The maximum Gasteiger partial charge on any atom is 0.307 e. The van der Waals surface area contributed by atoms with Gasteiger partial charge in [0.15, 0.2) is 0 Å². The van der Waals surface area contributed by atoms with Crippen molar-refractivity contribution in [3.63, 3.8) is 0 Å². The van der Waals surface area contributed by atoms with Crippen molar-refractivity contribution in [1.82, 2.24) is 4.90 Å². The molecule has 0 spiro atoms. The molecule has 0 saturated carbocycles. The van der Waals surface area contributed by atoms with E-state index >= 15 is 0 Å². The number of amides is 1. The van der Waals surface area contributed by atoms with Crippen molar-refractivity contribution in [2.75, 3.05) is 26.8 Å². The van der Waals surface area contributed by atoms with E-state index in [1.165, 1.54) is 25.5 Å². The molecule has 0 aliphatic heterocycles. The van der Waals surface area contributed by atoms with E-state index in [4.69, 9.17) is 9.47 Å². The second-order valence-electron chi connectivity index (χ2n) is 6.48. The third-order valence-corrected chi connectivity index (χ3v) is 4.58. The highest BCUT2D eigenvalue weighted by molar-refractivity contribution is 5.77. The monoisotopic (exact) mass is 359 g/mol. The average Bonchev–Trinajstić information content (AvgIpc) is 2.69. The van der Waals surface area contributed by atoms with Gasteiger partial charge in [-0.3, -0.25) is 9.59 Å². The van der Waals surface area contributed by atoms with Gasteiger partial charge in [0.05, 0.1) is 26.6 Å². The number of esters is 1. The molecule has 5 nitrogen and oxygen atoms in total. The van der Waals surface area contributed by atoms with Crippen LogP contribution in [0.15, 0.2) is 42.0 Å². The fraction of sp³-hybridized carbons (Fsp3) is 0.524. The van der Waals surface area contributed by atoms with Gasteiger partial charge in [-0.25, -0.2) is 0 Å². The van der Waals surface area contributed by atoms with Crippen LogP contribution in [-0.2, 0) is 14.3 Å². The molecule has 1 aliphatic carbocycles. The van der Waals surface area contributed by atoms with E-state index in [1.807, 2.05) is 30.3 Å². The molecule has 26 heavy (non-hydrogen) atoms. The highest BCUT2D eigenvalue weighted by Gasteiger charge is 2.16. The minimum absolute atomic E-state index is 0.0150. The van der Waals surface area contributed by atoms with Crippen LogP contribution in [0.1, 0.15) is 44.9 Å². The topological polar surface area (TPSA) is 55.8 Å². The van der Waals surface area contributed by atoms with Crippen LogP contribution >= 0.6 is 0 Å². The van der Waals surface area contributed by atoms with E-state index in [9.17, 15) is 9.59 Å². The number of carbonyl (C=O) groups excluding carboxylic acids is 2. The molecule has 0 N–H and O–H groups in total. The summed E-state index contributed by atoms with van der Waals surface area (Å²) in [6, 6.07) is 9.46. The number of hydrogen-bond acceptors (Lipinski definition) is 4. The van der Waals surface area contributed by atoms with E-state index in [-0.39, 0.29) is 18.3 Å². The Bertz CT molecular complexity index is 597. The zero-order valence-corrected chi connectivity index (χ0v) is 15.6. The first-order valence-corrected chi connectivity index (χ1v) is 9.39. The molecule has 1 aromatic rings. The number of methoxy groups -OCH3 is 1. The Kier molecular flexibility index (Phi) is 8.73. The minimum Gasteiger partial charge on any atom is -0.493 e. The molecule has 5 heteroatoms. The van der Waals surface area contributed by atoms with Crippen molar-refractivity contribution < 1.29 is 19.1 Å². The lowest BCUT2D eigenvalue weighted by Crippen LogP contribution is -2.35. The predicted molar refractivity (Wildman–Crippen MR) is 101 cm³/mol. The van der Waals surface area contributed by atoms with E-state index in [1.54, 1.807) is 4.90 Å². The average molecular weight is 359 g/mol. The Morgan fingerprint density at radius 2 is 1.88 bits per heavy atom. The zero-order valence-electron chi connectivity index (χ0n) is 15.6. The summed E-state index contributed by atoms with van der Waals surface area (Å²) in [6.07, 6.45) is 8.44.